The third-order valence-electron chi connectivity index (χ3n) is 3.00. The second-order valence-corrected chi connectivity index (χ2v) is 5.17. The van der Waals surface area contributed by atoms with Gasteiger partial charge in [-0.25, -0.2) is 0 Å². The summed E-state index contributed by atoms with van der Waals surface area (Å²) in [5.74, 6) is -0.141. The summed E-state index contributed by atoms with van der Waals surface area (Å²) in [7, 11) is 0. The third kappa shape index (κ3) is 9.04. The highest BCUT2D eigenvalue weighted by atomic mass is 16.5. The molecule has 18 heavy (non-hydrogen) atoms. The van der Waals surface area contributed by atoms with Gasteiger partial charge in [0, 0.05) is 0 Å². The van der Waals surface area contributed by atoms with Gasteiger partial charge >= 0.3 is 5.97 Å². The van der Waals surface area contributed by atoms with Crippen molar-refractivity contribution in [3.8, 4) is 6.07 Å². The van der Waals surface area contributed by atoms with Crippen LogP contribution in [0.4, 0.5) is 0 Å². The average Bonchev–Trinajstić information content (AvgIpc) is 2.32. The second kappa shape index (κ2) is 11.1. The zero-order valence-corrected chi connectivity index (χ0v) is 12.1. The molecule has 0 aromatic rings. The molecule has 3 heteroatoms. The topological polar surface area (TPSA) is 50.1 Å². The maximum Gasteiger partial charge on any atom is 0.323 e. The Balaban J connectivity index is 3.52. The predicted octanol–water partition coefficient (Wildman–Crippen LogP) is 4.08. The van der Waals surface area contributed by atoms with Crippen molar-refractivity contribution in [1.29, 1.82) is 5.26 Å². The van der Waals surface area contributed by atoms with Crippen molar-refractivity contribution in [1.82, 2.24) is 0 Å². The molecule has 0 aromatic heterocycles. The number of carbonyl (C=O) groups is 1. The molecule has 0 aliphatic rings. The number of ether oxygens (including phenoxy) is 1. The molecule has 0 saturated heterocycles. The number of hydrogen-bond donors (Lipinski definition) is 0. The van der Waals surface area contributed by atoms with Gasteiger partial charge in [-0.05, 0) is 19.3 Å². The summed E-state index contributed by atoms with van der Waals surface area (Å²) in [5.41, 5.74) is 0. The number of carbonyl (C=O) groups excluding carboxylic acids is 1. The Morgan fingerprint density at radius 1 is 1.11 bits per heavy atom. The highest BCUT2D eigenvalue weighted by molar-refractivity contribution is 5.75. The molecular weight excluding hydrogens is 226 g/mol. The number of rotatable bonds is 10. The molecule has 0 saturated carbocycles. The standard InChI is InChI=1S/C15H27NO2/c1-4-18-15(17)14(12-16)11-9-7-5-6-8-10-13(2)3/h13-14H,4-11H2,1-3H3. The lowest BCUT2D eigenvalue weighted by molar-refractivity contribution is -0.146. The van der Waals surface area contributed by atoms with Crippen LogP contribution in [0.5, 0.6) is 0 Å². The third-order valence-corrected chi connectivity index (χ3v) is 3.00. The smallest absolute Gasteiger partial charge is 0.323 e. The van der Waals surface area contributed by atoms with E-state index in [-0.39, 0.29) is 5.97 Å². The van der Waals surface area contributed by atoms with E-state index < -0.39 is 5.92 Å². The summed E-state index contributed by atoms with van der Waals surface area (Å²) in [6.45, 7) is 6.61. The molecule has 0 amide bonds. The number of unbranched alkanes of at least 4 members (excludes halogenated alkanes) is 4. The molecule has 0 aliphatic carbocycles. The molecule has 0 aliphatic heterocycles. The number of esters is 1. The number of nitriles is 1. The van der Waals surface area contributed by atoms with Gasteiger partial charge in [-0.3, -0.25) is 4.79 Å². The number of hydrogen-bond acceptors (Lipinski definition) is 3. The summed E-state index contributed by atoms with van der Waals surface area (Å²) in [5, 5.41) is 8.87. The molecule has 0 radical (unpaired) electrons. The van der Waals surface area contributed by atoms with Crippen molar-refractivity contribution < 1.29 is 9.53 Å². The van der Waals surface area contributed by atoms with E-state index in [1.54, 1.807) is 6.92 Å². The second-order valence-electron chi connectivity index (χ2n) is 5.17. The van der Waals surface area contributed by atoms with Crippen LogP contribution in [0.2, 0.25) is 0 Å². The molecule has 0 fully saturated rings. The van der Waals surface area contributed by atoms with Crippen molar-refractivity contribution in [2.75, 3.05) is 6.61 Å². The first-order valence-corrected chi connectivity index (χ1v) is 7.18. The van der Waals surface area contributed by atoms with E-state index in [9.17, 15) is 4.79 Å². The Labute approximate surface area is 112 Å². The van der Waals surface area contributed by atoms with Gasteiger partial charge in [0.2, 0.25) is 0 Å². The summed E-state index contributed by atoms with van der Waals surface area (Å²) in [6.07, 6.45) is 7.73. The fourth-order valence-electron chi connectivity index (χ4n) is 1.91. The Kier molecular flexibility index (Phi) is 10.4. The highest BCUT2D eigenvalue weighted by Crippen LogP contribution is 2.14. The van der Waals surface area contributed by atoms with Crippen LogP contribution in [0.1, 0.15) is 65.7 Å². The van der Waals surface area contributed by atoms with Crippen LogP contribution in [-0.2, 0) is 9.53 Å². The summed E-state index contributed by atoms with van der Waals surface area (Å²) in [4.78, 5) is 11.4. The van der Waals surface area contributed by atoms with E-state index in [4.69, 9.17) is 10.00 Å². The summed E-state index contributed by atoms with van der Waals surface area (Å²) < 4.78 is 4.86. The van der Waals surface area contributed by atoms with Crippen LogP contribution in [0.25, 0.3) is 0 Å². The van der Waals surface area contributed by atoms with Crippen molar-refractivity contribution in [3.63, 3.8) is 0 Å². The van der Waals surface area contributed by atoms with Gasteiger partial charge in [-0.2, -0.15) is 5.26 Å². The fourth-order valence-corrected chi connectivity index (χ4v) is 1.91. The Bertz CT molecular complexity index is 256. The van der Waals surface area contributed by atoms with Gasteiger partial charge in [0.15, 0.2) is 0 Å². The first-order valence-electron chi connectivity index (χ1n) is 7.18. The highest BCUT2D eigenvalue weighted by Gasteiger charge is 2.18. The normalized spacial score (nSPS) is 12.2. The lowest BCUT2D eigenvalue weighted by Crippen LogP contribution is -2.16. The minimum atomic E-state index is -0.569. The van der Waals surface area contributed by atoms with Gasteiger partial charge in [0.25, 0.3) is 0 Å². The first-order chi connectivity index (χ1) is 8.61. The van der Waals surface area contributed by atoms with Crippen LogP contribution in [0.15, 0.2) is 0 Å². The van der Waals surface area contributed by atoms with E-state index >= 15 is 0 Å². The fraction of sp³-hybridized carbons (Fsp3) is 0.867. The summed E-state index contributed by atoms with van der Waals surface area (Å²) >= 11 is 0. The van der Waals surface area contributed by atoms with Crippen molar-refractivity contribution >= 4 is 5.97 Å². The van der Waals surface area contributed by atoms with Crippen LogP contribution in [0, 0.1) is 23.2 Å². The molecule has 1 atom stereocenters. The van der Waals surface area contributed by atoms with Crippen LogP contribution in [-0.4, -0.2) is 12.6 Å². The first kappa shape index (κ1) is 17.0. The molecule has 3 nitrogen and oxygen atoms in total. The lowest BCUT2D eigenvalue weighted by Gasteiger charge is -2.08. The number of nitrogens with zero attached hydrogens (tertiary/aromatic N) is 1. The maximum absolute atomic E-state index is 11.4. The zero-order chi connectivity index (χ0) is 13.8. The largest absolute Gasteiger partial charge is 0.465 e. The molecule has 0 aromatic carbocycles. The molecule has 0 rings (SSSR count). The molecule has 104 valence electrons. The predicted molar refractivity (Wildman–Crippen MR) is 72.9 cm³/mol. The van der Waals surface area contributed by atoms with E-state index in [0.717, 1.165) is 18.8 Å². The molecule has 1 unspecified atom stereocenters. The van der Waals surface area contributed by atoms with Gasteiger partial charge in [-0.15, -0.1) is 0 Å². The minimum absolute atomic E-state index is 0.353. The van der Waals surface area contributed by atoms with Crippen LogP contribution < -0.4 is 0 Å². The molecule has 0 heterocycles. The van der Waals surface area contributed by atoms with E-state index in [0.29, 0.717) is 13.0 Å². The Hall–Kier alpha value is -1.04. The minimum Gasteiger partial charge on any atom is -0.465 e. The van der Waals surface area contributed by atoms with E-state index in [1.807, 2.05) is 6.07 Å². The van der Waals surface area contributed by atoms with E-state index in [1.165, 1.54) is 25.7 Å². The molecule has 0 spiro atoms. The van der Waals surface area contributed by atoms with Crippen molar-refractivity contribution in [2.45, 2.75) is 65.7 Å². The van der Waals surface area contributed by atoms with E-state index in [2.05, 4.69) is 13.8 Å². The van der Waals surface area contributed by atoms with Crippen molar-refractivity contribution in [2.24, 2.45) is 11.8 Å². The SMILES string of the molecule is CCOC(=O)C(C#N)CCCCCCCC(C)C. The van der Waals surface area contributed by atoms with Crippen molar-refractivity contribution in [3.05, 3.63) is 0 Å². The monoisotopic (exact) mass is 253 g/mol. The van der Waals surface area contributed by atoms with Gasteiger partial charge in [0.1, 0.15) is 5.92 Å². The Morgan fingerprint density at radius 2 is 1.67 bits per heavy atom. The van der Waals surface area contributed by atoms with Crippen LogP contribution in [0.3, 0.4) is 0 Å². The Morgan fingerprint density at radius 3 is 2.17 bits per heavy atom. The van der Waals surface area contributed by atoms with Gasteiger partial charge in [0.05, 0.1) is 12.7 Å². The summed E-state index contributed by atoms with van der Waals surface area (Å²) in [6, 6.07) is 2.03. The molecule has 0 N–H and O–H groups in total. The molecular formula is C15H27NO2. The molecule has 0 bridgehead atoms. The van der Waals surface area contributed by atoms with Gasteiger partial charge < -0.3 is 4.74 Å². The lowest BCUT2D eigenvalue weighted by atomic mass is 10.00. The zero-order valence-electron chi connectivity index (χ0n) is 12.1. The van der Waals surface area contributed by atoms with Gasteiger partial charge in [-0.1, -0.05) is 52.4 Å². The maximum atomic E-state index is 11.4. The average molecular weight is 253 g/mol. The quantitative estimate of drug-likeness (QED) is 0.435. The van der Waals surface area contributed by atoms with Crippen LogP contribution >= 0.6 is 0 Å².